The lowest BCUT2D eigenvalue weighted by Gasteiger charge is -2.43. The fraction of sp³-hybridized carbons (Fsp3) is 0.462. The Labute approximate surface area is 191 Å². The van der Waals surface area contributed by atoms with Crippen LogP contribution in [0.3, 0.4) is 0 Å². The molecule has 0 bridgehead atoms. The van der Waals surface area contributed by atoms with Crippen molar-refractivity contribution < 1.29 is 4.79 Å². The third-order valence-corrected chi connectivity index (χ3v) is 6.63. The van der Waals surface area contributed by atoms with Crippen molar-refractivity contribution in [3.63, 3.8) is 0 Å². The lowest BCUT2D eigenvalue weighted by atomic mass is 9.64. The summed E-state index contributed by atoms with van der Waals surface area (Å²) in [6.07, 6.45) is 5.88. The Kier molecular flexibility index (Phi) is 7.30. The molecule has 2 fully saturated rings. The molecule has 3 N–H and O–H groups in total. The second-order valence-electron chi connectivity index (χ2n) is 8.87. The van der Waals surface area contributed by atoms with Crippen molar-refractivity contribution in [1.82, 2.24) is 15.5 Å². The number of hydrogen-bond acceptors (Lipinski definition) is 2. The van der Waals surface area contributed by atoms with E-state index in [9.17, 15) is 4.79 Å². The standard InChI is InChI=1S/C26H35N5O/c1-2-27-24(29-20-26(14-9-15-26)22-11-4-3-5-12-22)28-19-21-10-8-13-23(18-21)30-25(32)31-16-6-7-17-31/h3-5,8,10-13,18H,2,6-7,9,14-17,19-20H2,1H3,(H,30,32)(H2,27,28,29). The van der Waals surface area contributed by atoms with Crippen LogP contribution in [0.1, 0.15) is 50.2 Å². The predicted octanol–water partition coefficient (Wildman–Crippen LogP) is 4.49. The highest BCUT2D eigenvalue weighted by Crippen LogP contribution is 2.43. The molecular formula is C26H35N5O. The van der Waals surface area contributed by atoms with Crippen molar-refractivity contribution in [1.29, 1.82) is 0 Å². The molecule has 4 rings (SSSR count). The molecule has 2 aromatic carbocycles. The van der Waals surface area contributed by atoms with E-state index in [0.717, 1.165) is 56.2 Å². The highest BCUT2D eigenvalue weighted by Gasteiger charge is 2.38. The SMILES string of the molecule is CCNC(=NCc1cccc(NC(=O)N2CCCC2)c1)NCC1(c2ccccc2)CCC1. The largest absolute Gasteiger partial charge is 0.357 e. The first-order valence-corrected chi connectivity index (χ1v) is 11.9. The van der Waals surface area contributed by atoms with Crippen LogP contribution >= 0.6 is 0 Å². The van der Waals surface area contributed by atoms with E-state index < -0.39 is 0 Å². The number of urea groups is 1. The maximum Gasteiger partial charge on any atom is 0.321 e. The second kappa shape index (κ2) is 10.5. The van der Waals surface area contributed by atoms with Crippen molar-refractivity contribution in [2.75, 3.05) is 31.5 Å². The molecule has 1 saturated carbocycles. The first kappa shape index (κ1) is 22.2. The molecule has 0 aromatic heterocycles. The lowest BCUT2D eigenvalue weighted by molar-refractivity contribution is 0.222. The van der Waals surface area contributed by atoms with Gasteiger partial charge in [-0.15, -0.1) is 0 Å². The Morgan fingerprint density at radius 1 is 1.00 bits per heavy atom. The Hall–Kier alpha value is -3.02. The third kappa shape index (κ3) is 5.42. The van der Waals surface area contributed by atoms with Gasteiger partial charge in [0.05, 0.1) is 6.54 Å². The van der Waals surface area contributed by atoms with Gasteiger partial charge in [0.15, 0.2) is 5.96 Å². The summed E-state index contributed by atoms with van der Waals surface area (Å²) in [7, 11) is 0. The van der Waals surface area contributed by atoms with Crippen LogP contribution in [0.25, 0.3) is 0 Å². The van der Waals surface area contributed by atoms with Crippen LogP contribution in [0.15, 0.2) is 59.6 Å². The quantitative estimate of drug-likeness (QED) is 0.445. The number of nitrogens with zero attached hydrogens (tertiary/aromatic N) is 2. The van der Waals surface area contributed by atoms with E-state index >= 15 is 0 Å². The van der Waals surface area contributed by atoms with Gasteiger partial charge in [0, 0.05) is 37.3 Å². The summed E-state index contributed by atoms with van der Waals surface area (Å²) in [4.78, 5) is 19.1. The maximum absolute atomic E-state index is 12.4. The van der Waals surface area contributed by atoms with Gasteiger partial charge < -0.3 is 20.9 Å². The molecule has 1 aliphatic carbocycles. The minimum atomic E-state index is -0.00938. The minimum absolute atomic E-state index is 0.00938. The normalized spacial score (nSPS) is 17.5. The van der Waals surface area contributed by atoms with Crippen molar-refractivity contribution in [3.05, 3.63) is 65.7 Å². The van der Waals surface area contributed by atoms with Gasteiger partial charge in [0.1, 0.15) is 0 Å². The van der Waals surface area contributed by atoms with Gasteiger partial charge in [0.25, 0.3) is 0 Å². The number of guanidine groups is 1. The number of rotatable bonds is 7. The summed E-state index contributed by atoms with van der Waals surface area (Å²) in [5, 5.41) is 9.97. The monoisotopic (exact) mass is 433 g/mol. The van der Waals surface area contributed by atoms with Crippen LogP contribution in [-0.2, 0) is 12.0 Å². The second-order valence-corrected chi connectivity index (χ2v) is 8.87. The first-order valence-electron chi connectivity index (χ1n) is 11.9. The number of carbonyl (C=O) groups excluding carboxylic acids is 1. The molecule has 1 saturated heterocycles. The first-order chi connectivity index (χ1) is 15.7. The van der Waals surface area contributed by atoms with E-state index in [4.69, 9.17) is 4.99 Å². The van der Waals surface area contributed by atoms with Gasteiger partial charge >= 0.3 is 6.03 Å². The summed E-state index contributed by atoms with van der Waals surface area (Å²) in [5.74, 6) is 0.834. The molecule has 32 heavy (non-hydrogen) atoms. The zero-order valence-electron chi connectivity index (χ0n) is 19.1. The zero-order chi connectivity index (χ0) is 22.2. The van der Waals surface area contributed by atoms with E-state index in [2.05, 4.69) is 59.3 Å². The van der Waals surface area contributed by atoms with Gasteiger partial charge in [-0.2, -0.15) is 0 Å². The number of nitrogens with one attached hydrogen (secondary N) is 3. The molecule has 2 aliphatic rings. The molecule has 2 aromatic rings. The number of aliphatic imine (C=N–C) groups is 1. The van der Waals surface area contributed by atoms with Crippen LogP contribution in [0.2, 0.25) is 0 Å². The number of amides is 2. The van der Waals surface area contributed by atoms with Crippen LogP contribution in [-0.4, -0.2) is 43.1 Å². The number of hydrogen-bond donors (Lipinski definition) is 3. The molecule has 0 unspecified atom stereocenters. The predicted molar refractivity (Wildman–Crippen MR) is 131 cm³/mol. The van der Waals surface area contributed by atoms with E-state index in [1.807, 2.05) is 23.1 Å². The highest BCUT2D eigenvalue weighted by atomic mass is 16.2. The molecule has 6 nitrogen and oxygen atoms in total. The summed E-state index contributed by atoms with van der Waals surface area (Å²) in [5.41, 5.74) is 3.51. The number of anilines is 1. The minimum Gasteiger partial charge on any atom is -0.357 e. The smallest absolute Gasteiger partial charge is 0.321 e. The topological polar surface area (TPSA) is 68.8 Å². The average molecular weight is 434 g/mol. The summed E-state index contributed by atoms with van der Waals surface area (Å²) < 4.78 is 0. The average Bonchev–Trinajstić information content (AvgIpc) is 3.33. The molecule has 6 heteroatoms. The number of carbonyl (C=O) groups is 1. The van der Waals surface area contributed by atoms with Crippen molar-refractivity contribution in [3.8, 4) is 0 Å². The molecule has 170 valence electrons. The van der Waals surface area contributed by atoms with Crippen LogP contribution in [0.5, 0.6) is 0 Å². The Bertz CT molecular complexity index is 917. The Balaban J connectivity index is 1.37. The molecule has 1 aliphatic heterocycles. The van der Waals surface area contributed by atoms with Gasteiger partial charge in [-0.05, 0) is 55.9 Å². The van der Waals surface area contributed by atoms with Crippen molar-refractivity contribution in [2.45, 2.75) is 51.0 Å². The summed E-state index contributed by atoms with van der Waals surface area (Å²) in [6, 6.07) is 18.8. The molecule has 0 spiro atoms. The number of likely N-dealkylation sites (tertiary alicyclic amines) is 1. The van der Waals surface area contributed by atoms with Crippen LogP contribution < -0.4 is 16.0 Å². The highest BCUT2D eigenvalue weighted by molar-refractivity contribution is 5.89. The molecular weight excluding hydrogens is 398 g/mol. The third-order valence-electron chi connectivity index (χ3n) is 6.63. The zero-order valence-corrected chi connectivity index (χ0v) is 19.1. The molecule has 1 heterocycles. The van der Waals surface area contributed by atoms with Crippen molar-refractivity contribution in [2.24, 2.45) is 4.99 Å². The van der Waals surface area contributed by atoms with E-state index in [1.165, 1.54) is 24.8 Å². The Morgan fingerprint density at radius 3 is 2.47 bits per heavy atom. The van der Waals surface area contributed by atoms with E-state index in [1.54, 1.807) is 0 Å². The fourth-order valence-corrected chi connectivity index (χ4v) is 4.60. The maximum atomic E-state index is 12.4. The fourth-order valence-electron chi connectivity index (χ4n) is 4.60. The molecule has 0 radical (unpaired) electrons. The lowest BCUT2D eigenvalue weighted by Crippen LogP contribution is -2.48. The van der Waals surface area contributed by atoms with Gasteiger partial charge in [-0.1, -0.05) is 48.9 Å². The van der Waals surface area contributed by atoms with Gasteiger partial charge in [-0.25, -0.2) is 9.79 Å². The van der Waals surface area contributed by atoms with E-state index in [-0.39, 0.29) is 11.4 Å². The van der Waals surface area contributed by atoms with Crippen molar-refractivity contribution >= 4 is 17.7 Å². The summed E-state index contributed by atoms with van der Waals surface area (Å²) in [6.45, 7) is 6.03. The number of benzene rings is 2. The Morgan fingerprint density at radius 2 is 1.78 bits per heavy atom. The summed E-state index contributed by atoms with van der Waals surface area (Å²) >= 11 is 0. The van der Waals surface area contributed by atoms with Gasteiger partial charge in [0.2, 0.25) is 0 Å². The van der Waals surface area contributed by atoms with E-state index in [0.29, 0.717) is 6.54 Å². The molecule has 2 amide bonds. The van der Waals surface area contributed by atoms with Crippen LogP contribution in [0.4, 0.5) is 10.5 Å². The van der Waals surface area contributed by atoms with Gasteiger partial charge in [-0.3, -0.25) is 0 Å². The molecule has 0 atom stereocenters. The van der Waals surface area contributed by atoms with Crippen LogP contribution in [0, 0.1) is 0 Å².